The van der Waals surface area contributed by atoms with E-state index in [1.807, 2.05) is 55.4 Å². The molecule has 2 heterocycles. The molecule has 10 nitrogen and oxygen atoms in total. The molecule has 10 heteroatoms. The van der Waals surface area contributed by atoms with Crippen LogP contribution < -0.4 is 0 Å². The van der Waals surface area contributed by atoms with Gasteiger partial charge in [-0.2, -0.15) is 0 Å². The Kier molecular flexibility index (Phi) is 11.1. The molecule has 0 aliphatic carbocycles. The molecule has 2 saturated heterocycles. The summed E-state index contributed by atoms with van der Waals surface area (Å²) in [6, 6.07) is 0. The maximum atomic E-state index is 12.8. The summed E-state index contributed by atoms with van der Waals surface area (Å²) in [6.07, 6.45) is 7.21. The van der Waals surface area contributed by atoms with E-state index >= 15 is 0 Å². The molecule has 0 radical (unpaired) electrons. The third kappa shape index (κ3) is 9.50. The Labute approximate surface area is 245 Å². The lowest BCUT2D eigenvalue weighted by molar-refractivity contribution is -0.168. The Bertz CT molecular complexity index is 911. The fourth-order valence-corrected chi connectivity index (χ4v) is 6.60. The van der Waals surface area contributed by atoms with E-state index in [-0.39, 0.29) is 12.2 Å². The van der Waals surface area contributed by atoms with E-state index in [1.165, 1.54) is 12.2 Å². The van der Waals surface area contributed by atoms with Crippen molar-refractivity contribution in [3.63, 3.8) is 0 Å². The second-order valence-electron chi connectivity index (χ2n) is 13.3. The zero-order valence-corrected chi connectivity index (χ0v) is 26.6. The molecule has 41 heavy (non-hydrogen) atoms. The molecule has 2 rings (SSSR count). The van der Waals surface area contributed by atoms with Crippen LogP contribution in [0.15, 0.2) is 24.6 Å². The van der Waals surface area contributed by atoms with Crippen LogP contribution in [0.3, 0.4) is 0 Å². The van der Waals surface area contributed by atoms with Crippen LogP contribution in [0.4, 0.5) is 0 Å². The zero-order chi connectivity index (χ0) is 31.2. The molecule has 232 valence electrons. The van der Waals surface area contributed by atoms with E-state index in [0.29, 0.717) is 38.9 Å². The van der Waals surface area contributed by atoms with Gasteiger partial charge in [-0.15, -0.1) is 0 Å². The Morgan fingerprint density at radius 2 is 0.902 bits per heavy atom. The first kappa shape index (κ1) is 34.2. The Morgan fingerprint density at radius 1 is 0.610 bits per heavy atom. The highest BCUT2D eigenvalue weighted by Crippen LogP contribution is 2.41. The number of carbonyl (C=O) groups excluding carboxylic acids is 4. The molecular weight excluding hydrogens is 528 g/mol. The third-order valence-corrected chi connectivity index (χ3v) is 7.69. The van der Waals surface area contributed by atoms with Crippen molar-refractivity contribution in [1.29, 1.82) is 0 Å². The van der Waals surface area contributed by atoms with Crippen LogP contribution in [0.5, 0.6) is 0 Å². The first-order valence-corrected chi connectivity index (χ1v) is 14.5. The molecule has 0 bridgehead atoms. The van der Waals surface area contributed by atoms with Gasteiger partial charge in [-0.05, 0) is 69.2 Å². The largest absolute Gasteiger partial charge is 0.463 e. The summed E-state index contributed by atoms with van der Waals surface area (Å²) < 4.78 is 21.5. The van der Waals surface area contributed by atoms with Crippen LogP contribution in [0.1, 0.15) is 101 Å². The number of hydrogen-bond donors (Lipinski definition) is 0. The van der Waals surface area contributed by atoms with Gasteiger partial charge in [-0.1, -0.05) is 0 Å². The quantitative estimate of drug-likeness (QED) is 0.157. The first-order valence-electron chi connectivity index (χ1n) is 14.5. The van der Waals surface area contributed by atoms with E-state index < -0.39 is 52.5 Å². The standard InChI is InChI=1S/C31H50N2O8/c1-11-38-24(34)13-15-32-28(3,4)18-22(19-29(32,5)6)40-26(36)17-27(37)41-23-20-30(7,8)33(31(9,10)21-23)16-14-25(35)39-12-2/h13-16,22-23H,11-12,17-21H2,1-10H3/b15-13+,16-14+. The number of esters is 4. The van der Waals surface area contributed by atoms with Crippen molar-refractivity contribution >= 4 is 23.9 Å². The van der Waals surface area contributed by atoms with Crippen molar-refractivity contribution in [1.82, 2.24) is 9.80 Å². The van der Waals surface area contributed by atoms with Gasteiger partial charge in [0.2, 0.25) is 0 Å². The van der Waals surface area contributed by atoms with E-state index in [0.717, 1.165) is 0 Å². The van der Waals surface area contributed by atoms with Crippen molar-refractivity contribution in [2.24, 2.45) is 0 Å². The molecular formula is C31H50N2O8. The fraction of sp³-hybridized carbons (Fsp3) is 0.742. The van der Waals surface area contributed by atoms with Crippen molar-refractivity contribution in [3.05, 3.63) is 24.6 Å². The van der Waals surface area contributed by atoms with Crippen LogP contribution in [0, 0.1) is 0 Å². The molecule has 2 fully saturated rings. The molecule has 0 aromatic heterocycles. The van der Waals surface area contributed by atoms with Crippen LogP contribution in [-0.2, 0) is 38.1 Å². The second kappa shape index (κ2) is 13.3. The van der Waals surface area contributed by atoms with Gasteiger partial charge < -0.3 is 28.7 Å². The normalized spacial score (nSPS) is 22.0. The zero-order valence-electron chi connectivity index (χ0n) is 26.6. The topological polar surface area (TPSA) is 112 Å². The minimum Gasteiger partial charge on any atom is -0.463 e. The number of carbonyl (C=O) groups is 4. The maximum absolute atomic E-state index is 12.8. The molecule has 0 amide bonds. The van der Waals surface area contributed by atoms with Gasteiger partial charge in [-0.25, -0.2) is 9.59 Å². The van der Waals surface area contributed by atoms with Gasteiger partial charge in [0, 0.05) is 72.4 Å². The van der Waals surface area contributed by atoms with Crippen LogP contribution >= 0.6 is 0 Å². The van der Waals surface area contributed by atoms with Crippen LogP contribution in [0.25, 0.3) is 0 Å². The molecule has 0 aromatic rings. The van der Waals surface area contributed by atoms with Crippen molar-refractivity contribution < 1.29 is 38.1 Å². The summed E-state index contributed by atoms with van der Waals surface area (Å²) >= 11 is 0. The summed E-state index contributed by atoms with van der Waals surface area (Å²) in [7, 11) is 0. The molecule has 0 saturated carbocycles. The SMILES string of the molecule is CCOC(=O)/C=C/N1C(C)(C)CC(OC(=O)CC(=O)OC2CC(C)(C)N(/C=C/C(=O)OCC)C(C)(C)C2)CC1(C)C. The minimum atomic E-state index is -0.615. The first-order chi connectivity index (χ1) is 18.8. The second-order valence-corrected chi connectivity index (χ2v) is 13.3. The predicted octanol–water partition coefficient (Wildman–Crippen LogP) is 4.66. The van der Waals surface area contributed by atoms with Crippen molar-refractivity contribution in [2.45, 2.75) is 136 Å². The summed E-state index contributed by atoms with van der Waals surface area (Å²) in [5.74, 6) is -2.04. The highest BCUT2D eigenvalue weighted by atomic mass is 16.6. The predicted molar refractivity (Wildman–Crippen MR) is 154 cm³/mol. The molecule has 0 aromatic carbocycles. The molecule has 0 N–H and O–H groups in total. The van der Waals surface area contributed by atoms with E-state index in [2.05, 4.69) is 9.80 Å². The van der Waals surface area contributed by atoms with Gasteiger partial charge in [0.25, 0.3) is 0 Å². The fourth-order valence-electron chi connectivity index (χ4n) is 6.60. The Balaban J connectivity index is 1.97. The lowest BCUT2D eigenvalue weighted by atomic mass is 9.78. The third-order valence-electron chi connectivity index (χ3n) is 7.69. The molecule has 0 spiro atoms. The smallest absolute Gasteiger partial charge is 0.332 e. The summed E-state index contributed by atoms with van der Waals surface area (Å²) in [4.78, 5) is 53.5. The number of nitrogens with zero attached hydrogens (tertiary/aromatic N) is 2. The highest BCUT2D eigenvalue weighted by molar-refractivity contribution is 5.91. The van der Waals surface area contributed by atoms with Gasteiger partial charge in [0.05, 0.1) is 13.2 Å². The average Bonchev–Trinajstić information content (AvgIpc) is 2.75. The number of rotatable bonds is 10. The van der Waals surface area contributed by atoms with Crippen molar-refractivity contribution in [2.75, 3.05) is 13.2 Å². The minimum absolute atomic E-state index is 0.305. The number of hydrogen-bond acceptors (Lipinski definition) is 10. The van der Waals surface area contributed by atoms with Gasteiger partial charge in [0.1, 0.15) is 18.6 Å². The van der Waals surface area contributed by atoms with E-state index in [9.17, 15) is 19.2 Å². The number of piperidine rings is 2. The molecule has 0 unspecified atom stereocenters. The Morgan fingerprint density at radius 3 is 1.17 bits per heavy atom. The maximum Gasteiger partial charge on any atom is 0.332 e. The van der Waals surface area contributed by atoms with Crippen LogP contribution in [0.2, 0.25) is 0 Å². The Hall–Kier alpha value is -3.04. The van der Waals surface area contributed by atoms with Crippen molar-refractivity contribution in [3.8, 4) is 0 Å². The average molecular weight is 579 g/mol. The van der Waals surface area contributed by atoms with Gasteiger partial charge in [0.15, 0.2) is 0 Å². The molecule has 2 aliphatic rings. The van der Waals surface area contributed by atoms with Crippen LogP contribution in [-0.4, -0.2) is 81.3 Å². The summed E-state index contributed by atoms with van der Waals surface area (Å²) in [5.41, 5.74) is -1.65. The molecule has 2 aliphatic heterocycles. The number of ether oxygens (including phenoxy) is 4. The summed E-state index contributed by atoms with van der Waals surface area (Å²) in [5, 5.41) is 0. The monoisotopic (exact) mass is 578 g/mol. The summed E-state index contributed by atoms with van der Waals surface area (Å²) in [6.45, 7) is 20.3. The lowest BCUT2D eigenvalue weighted by Crippen LogP contribution is -2.60. The van der Waals surface area contributed by atoms with E-state index in [1.54, 1.807) is 26.2 Å². The van der Waals surface area contributed by atoms with Gasteiger partial charge >= 0.3 is 23.9 Å². The highest BCUT2D eigenvalue weighted by Gasteiger charge is 2.47. The van der Waals surface area contributed by atoms with E-state index in [4.69, 9.17) is 18.9 Å². The lowest BCUT2D eigenvalue weighted by Gasteiger charge is -2.54. The molecule has 0 atom stereocenters. The number of likely N-dealkylation sites (tertiary alicyclic amines) is 2. The van der Waals surface area contributed by atoms with Gasteiger partial charge in [-0.3, -0.25) is 9.59 Å².